The van der Waals surface area contributed by atoms with E-state index in [0.29, 0.717) is 5.56 Å². The number of aliphatic hydroxyl groups excluding tert-OH is 5. The van der Waals surface area contributed by atoms with Gasteiger partial charge in [-0.15, -0.1) is 0 Å². The highest BCUT2D eigenvalue weighted by molar-refractivity contribution is 6.06. The number of carbonyl (C=O) groups is 1. The smallest absolute Gasteiger partial charge is 0.229 e. The van der Waals surface area contributed by atoms with Crippen molar-refractivity contribution in [2.75, 3.05) is 6.61 Å². The molecule has 7 N–H and O–H groups in total. The molecule has 0 radical (unpaired) electrons. The van der Waals surface area contributed by atoms with Crippen molar-refractivity contribution in [3.05, 3.63) is 47.5 Å². The summed E-state index contributed by atoms with van der Waals surface area (Å²) in [6, 6.07) is 7.84. The molecule has 1 fully saturated rings. The largest absolute Gasteiger partial charge is 0.508 e. The number of carbonyl (C=O) groups excluding carboxylic acids is 1. The summed E-state index contributed by atoms with van der Waals surface area (Å²) in [4.78, 5) is 13.0. The van der Waals surface area contributed by atoms with Crippen molar-refractivity contribution in [1.82, 2.24) is 0 Å². The van der Waals surface area contributed by atoms with Crippen molar-refractivity contribution in [1.29, 1.82) is 0 Å². The van der Waals surface area contributed by atoms with Gasteiger partial charge in [-0.25, -0.2) is 0 Å². The van der Waals surface area contributed by atoms with E-state index in [1.54, 1.807) is 0 Å². The second-order valence-electron chi connectivity index (χ2n) is 7.57. The maximum atomic E-state index is 13.0. The Balaban J connectivity index is 1.61. The van der Waals surface area contributed by atoms with Crippen LogP contribution in [0.1, 0.15) is 21.8 Å². The van der Waals surface area contributed by atoms with E-state index in [2.05, 4.69) is 0 Å². The molecule has 4 rings (SSSR count). The van der Waals surface area contributed by atoms with Crippen LogP contribution in [-0.4, -0.2) is 85.1 Å². The predicted molar refractivity (Wildman–Crippen MR) is 104 cm³/mol. The molecular formula is C21H22O11. The summed E-state index contributed by atoms with van der Waals surface area (Å²) in [6.45, 7) is -0.650. The average molecular weight is 450 g/mol. The highest BCUT2D eigenvalue weighted by Crippen LogP contribution is 2.43. The standard InChI is InChI=1S/C21H22O11/c22-7-13-16(25)18(27)19(28)21(32-13)30-10-5-11(24)15-12(6-10)31-20(29)14(17(15)26)8-1-3-9(23)4-2-8/h1-6,13-14,16,18-25,27-29H,7H2/t13?,14?,16-,18?,19?,20?,21-/m1/s1. The molecule has 11 heteroatoms. The van der Waals surface area contributed by atoms with Gasteiger partial charge in [0.1, 0.15) is 58.9 Å². The second-order valence-corrected chi connectivity index (χ2v) is 7.57. The van der Waals surface area contributed by atoms with Crippen LogP contribution >= 0.6 is 0 Å². The Morgan fingerprint density at radius 3 is 2.28 bits per heavy atom. The van der Waals surface area contributed by atoms with Gasteiger partial charge in [0.15, 0.2) is 5.78 Å². The summed E-state index contributed by atoms with van der Waals surface area (Å²) in [5, 5.41) is 69.4. The molecule has 2 heterocycles. The normalized spacial score (nSPS) is 32.2. The Morgan fingerprint density at radius 1 is 0.938 bits per heavy atom. The fourth-order valence-electron chi connectivity index (χ4n) is 3.76. The molecule has 7 atom stereocenters. The maximum absolute atomic E-state index is 13.0. The number of ether oxygens (including phenoxy) is 3. The molecule has 2 aromatic carbocycles. The van der Waals surface area contributed by atoms with Gasteiger partial charge in [-0.3, -0.25) is 4.79 Å². The van der Waals surface area contributed by atoms with Gasteiger partial charge < -0.3 is 50.0 Å². The molecule has 0 saturated carbocycles. The minimum absolute atomic E-state index is 0.0225. The highest BCUT2D eigenvalue weighted by Gasteiger charge is 2.45. The minimum Gasteiger partial charge on any atom is -0.508 e. The van der Waals surface area contributed by atoms with Gasteiger partial charge >= 0.3 is 0 Å². The van der Waals surface area contributed by atoms with E-state index >= 15 is 0 Å². The molecule has 0 amide bonds. The average Bonchev–Trinajstić information content (AvgIpc) is 2.75. The Bertz CT molecular complexity index is 990. The summed E-state index contributed by atoms with van der Waals surface area (Å²) in [6.07, 6.45) is -9.23. The summed E-state index contributed by atoms with van der Waals surface area (Å²) < 4.78 is 16.1. The van der Waals surface area contributed by atoms with Crippen molar-refractivity contribution in [2.45, 2.75) is 42.9 Å². The zero-order valence-corrected chi connectivity index (χ0v) is 16.5. The molecule has 0 aromatic heterocycles. The second kappa shape index (κ2) is 8.54. The van der Waals surface area contributed by atoms with Crippen molar-refractivity contribution in [3.8, 4) is 23.0 Å². The lowest BCUT2D eigenvalue weighted by molar-refractivity contribution is -0.277. The monoisotopic (exact) mass is 450 g/mol. The molecule has 0 bridgehead atoms. The van der Waals surface area contributed by atoms with E-state index in [1.807, 2.05) is 0 Å². The molecule has 2 aliphatic rings. The number of fused-ring (bicyclic) bond motifs is 1. The number of aromatic hydroxyl groups is 2. The van der Waals surface area contributed by atoms with Crippen LogP contribution < -0.4 is 9.47 Å². The molecule has 32 heavy (non-hydrogen) atoms. The third-order valence-electron chi connectivity index (χ3n) is 5.47. The first kappa shape index (κ1) is 22.3. The van der Waals surface area contributed by atoms with Gasteiger partial charge in [0.2, 0.25) is 12.6 Å². The molecule has 5 unspecified atom stereocenters. The Morgan fingerprint density at radius 2 is 1.62 bits per heavy atom. The zero-order chi connectivity index (χ0) is 23.2. The van der Waals surface area contributed by atoms with Crippen LogP contribution in [0.3, 0.4) is 0 Å². The first-order valence-electron chi connectivity index (χ1n) is 9.73. The first-order chi connectivity index (χ1) is 15.2. The molecule has 1 saturated heterocycles. The predicted octanol–water partition coefficient (Wildman–Crippen LogP) is -1.05. The number of hydrogen-bond acceptors (Lipinski definition) is 11. The summed E-state index contributed by atoms with van der Waals surface area (Å²) >= 11 is 0. The lowest BCUT2D eigenvalue weighted by atomic mass is 9.87. The van der Waals surface area contributed by atoms with E-state index in [9.17, 15) is 40.5 Å². The summed E-state index contributed by atoms with van der Waals surface area (Å²) in [5.41, 5.74) is 0.168. The minimum atomic E-state index is -1.68. The van der Waals surface area contributed by atoms with Gasteiger partial charge in [-0.05, 0) is 17.7 Å². The number of phenolic OH excluding ortho intramolecular Hbond substituents is 2. The number of rotatable bonds is 4. The Hall–Kier alpha value is -2.93. The van der Waals surface area contributed by atoms with Crippen LogP contribution in [-0.2, 0) is 4.74 Å². The number of phenols is 2. The molecular weight excluding hydrogens is 428 g/mol. The first-order valence-corrected chi connectivity index (χ1v) is 9.73. The third-order valence-corrected chi connectivity index (χ3v) is 5.47. The Kier molecular flexibility index (Phi) is 5.95. The topological polar surface area (TPSA) is 186 Å². The zero-order valence-electron chi connectivity index (χ0n) is 16.5. The van der Waals surface area contributed by atoms with E-state index in [0.717, 1.165) is 6.07 Å². The van der Waals surface area contributed by atoms with Crippen molar-refractivity contribution >= 4 is 5.78 Å². The lowest BCUT2D eigenvalue weighted by Crippen LogP contribution is -2.60. The van der Waals surface area contributed by atoms with Gasteiger partial charge in [-0.2, -0.15) is 0 Å². The van der Waals surface area contributed by atoms with E-state index in [-0.39, 0.29) is 22.8 Å². The van der Waals surface area contributed by atoms with Gasteiger partial charge in [0.25, 0.3) is 0 Å². The number of Topliss-reactive ketones (excluding diaryl/α,β-unsaturated/α-hetero) is 1. The van der Waals surface area contributed by atoms with Crippen LogP contribution in [0.4, 0.5) is 0 Å². The number of aliphatic hydroxyl groups is 5. The fraction of sp³-hybridized carbons (Fsp3) is 0.381. The maximum Gasteiger partial charge on any atom is 0.229 e. The molecule has 11 nitrogen and oxygen atoms in total. The fourth-order valence-corrected chi connectivity index (χ4v) is 3.76. The van der Waals surface area contributed by atoms with Gasteiger partial charge in [0.05, 0.1) is 6.61 Å². The van der Waals surface area contributed by atoms with Crippen molar-refractivity contribution in [3.63, 3.8) is 0 Å². The molecule has 0 aliphatic carbocycles. The quantitative estimate of drug-likeness (QED) is 0.301. The lowest BCUT2D eigenvalue weighted by Gasteiger charge is -2.39. The van der Waals surface area contributed by atoms with Crippen molar-refractivity contribution in [2.24, 2.45) is 0 Å². The van der Waals surface area contributed by atoms with Crippen LogP contribution in [0, 0.1) is 0 Å². The molecule has 2 aliphatic heterocycles. The third kappa shape index (κ3) is 3.86. The molecule has 2 aromatic rings. The molecule has 172 valence electrons. The van der Waals surface area contributed by atoms with Crippen molar-refractivity contribution < 1.29 is 54.8 Å². The Labute approximate surface area is 181 Å². The van der Waals surface area contributed by atoms with Crippen LogP contribution in [0.25, 0.3) is 0 Å². The number of hydrogen-bond donors (Lipinski definition) is 7. The SMILES string of the molecule is O=C1c2c(O)cc(O[C@@H]3OC(CO)[C@@H](O)C(O)C3O)cc2OC(O)C1c1ccc(O)cc1. The van der Waals surface area contributed by atoms with E-state index < -0.39 is 61.1 Å². The van der Waals surface area contributed by atoms with Gasteiger partial charge in [-0.1, -0.05) is 12.1 Å². The number of ketones is 1. The van der Waals surface area contributed by atoms with E-state index in [4.69, 9.17) is 14.2 Å². The van der Waals surface area contributed by atoms with Crippen LogP contribution in [0.2, 0.25) is 0 Å². The van der Waals surface area contributed by atoms with E-state index in [1.165, 1.54) is 30.3 Å². The summed E-state index contributed by atoms with van der Waals surface area (Å²) in [7, 11) is 0. The molecule has 0 spiro atoms. The summed E-state index contributed by atoms with van der Waals surface area (Å²) in [5.74, 6) is -2.63. The van der Waals surface area contributed by atoms with Gasteiger partial charge in [0, 0.05) is 12.1 Å². The number of benzene rings is 2. The van der Waals surface area contributed by atoms with Crippen LogP contribution in [0.15, 0.2) is 36.4 Å². The van der Waals surface area contributed by atoms with Crippen LogP contribution in [0.5, 0.6) is 23.0 Å². The highest BCUT2D eigenvalue weighted by atomic mass is 16.7.